The van der Waals surface area contributed by atoms with Gasteiger partial charge in [0.25, 0.3) is 11.8 Å². The van der Waals surface area contributed by atoms with Gasteiger partial charge >= 0.3 is 0 Å². The van der Waals surface area contributed by atoms with Crippen LogP contribution < -0.4 is 5.32 Å². The van der Waals surface area contributed by atoms with Gasteiger partial charge in [-0.25, -0.2) is 0 Å². The molecule has 0 unspecified atom stereocenters. The highest BCUT2D eigenvalue weighted by molar-refractivity contribution is 7.80. The van der Waals surface area contributed by atoms with Crippen molar-refractivity contribution in [3.8, 4) is 0 Å². The molecule has 0 spiro atoms. The lowest BCUT2D eigenvalue weighted by molar-refractivity contribution is -0.128. The summed E-state index contributed by atoms with van der Waals surface area (Å²) in [4.78, 5) is 25.4. The van der Waals surface area contributed by atoms with Gasteiger partial charge in [-0.15, -0.1) is 6.58 Å². The number of aryl methyl sites for hydroxylation is 1. The summed E-state index contributed by atoms with van der Waals surface area (Å²) in [6, 6.07) is 3.53. The zero-order valence-corrected chi connectivity index (χ0v) is 11.8. The third-order valence-corrected chi connectivity index (χ3v) is 3.14. The summed E-state index contributed by atoms with van der Waals surface area (Å²) in [6.07, 6.45) is 3.71. The first-order valence-electron chi connectivity index (χ1n) is 6.15. The Hall–Kier alpha value is -2.21. The first-order valence-corrected chi connectivity index (χ1v) is 6.56. The molecule has 104 valence electrons. The molecule has 0 aliphatic carbocycles. The molecular weight excluding hydrogens is 276 g/mol. The number of nitrogens with zero attached hydrogens (tertiary/aromatic N) is 1. The lowest BCUT2D eigenvalue weighted by Gasteiger charge is -2.27. The van der Waals surface area contributed by atoms with Gasteiger partial charge in [-0.2, -0.15) is 0 Å². The SMILES string of the molecule is C=CCN1C(=O)/C(=C\c2ccc(CC)o2)C(=O)NC1=S. The van der Waals surface area contributed by atoms with Gasteiger partial charge in [0.1, 0.15) is 17.1 Å². The van der Waals surface area contributed by atoms with Crippen molar-refractivity contribution in [1.82, 2.24) is 10.2 Å². The Morgan fingerprint density at radius 1 is 1.45 bits per heavy atom. The molecule has 1 aromatic rings. The molecule has 2 rings (SSSR count). The number of carbonyl (C=O) groups excluding carboxylic acids is 2. The van der Waals surface area contributed by atoms with E-state index in [1.54, 1.807) is 12.1 Å². The molecule has 1 N–H and O–H groups in total. The van der Waals surface area contributed by atoms with Crippen molar-refractivity contribution in [3.05, 3.63) is 41.9 Å². The lowest BCUT2D eigenvalue weighted by Crippen LogP contribution is -2.53. The first-order chi connectivity index (χ1) is 9.56. The van der Waals surface area contributed by atoms with Crippen LogP contribution in [0, 0.1) is 0 Å². The zero-order chi connectivity index (χ0) is 14.7. The Balaban J connectivity index is 2.33. The zero-order valence-electron chi connectivity index (χ0n) is 11.0. The van der Waals surface area contributed by atoms with Crippen molar-refractivity contribution in [2.24, 2.45) is 0 Å². The van der Waals surface area contributed by atoms with Gasteiger partial charge in [0.15, 0.2) is 5.11 Å². The van der Waals surface area contributed by atoms with Crippen molar-refractivity contribution in [2.45, 2.75) is 13.3 Å². The second-order valence-electron chi connectivity index (χ2n) is 4.18. The lowest BCUT2D eigenvalue weighted by atomic mass is 10.1. The minimum Gasteiger partial charge on any atom is -0.462 e. The maximum Gasteiger partial charge on any atom is 0.266 e. The average Bonchev–Trinajstić information content (AvgIpc) is 2.87. The summed E-state index contributed by atoms with van der Waals surface area (Å²) in [6.45, 7) is 5.76. The first kappa shape index (κ1) is 14.2. The molecule has 1 aliphatic heterocycles. The van der Waals surface area contributed by atoms with Gasteiger partial charge in [0.2, 0.25) is 0 Å². The van der Waals surface area contributed by atoms with Crippen molar-refractivity contribution in [2.75, 3.05) is 6.54 Å². The summed E-state index contributed by atoms with van der Waals surface area (Å²) in [5, 5.41) is 2.56. The Morgan fingerprint density at radius 2 is 2.20 bits per heavy atom. The third kappa shape index (κ3) is 2.70. The molecular formula is C14H14N2O3S. The maximum absolute atomic E-state index is 12.2. The fourth-order valence-electron chi connectivity index (χ4n) is 1.79. The van der Waals surface area contributed by atoms with E-state index in [4.69, 9.17) is 16.6 Å². The summed E-state index contributed by atoms with van der Waals surface area (Å²) in [5.74, 6) is 0.286. The Bertz CT molecular complexity index is 616. The maximum atomic E-state index is 12.2. The highest BCUT2D eigenvalue weighted by Gasteiger charge is 2.32. The van der Waals surface area contributed by atoms with Gasteiger partial charge in [-0.3, -0.25) is 19.8 Å². The average molecular weight is 290 g/mol. The molecule has 0 aromatic carbocycles. The van der Waals surface area contributed by atoms with E-state index in [1.165, 1.54) is 11.0 Å². The molecule has 2 amide bonds. The van der Waals surface area contributed by atoms with E-state index in [0.29, 0.717) is 5.76 Å². The highest BCUT2D eigenvalue weighted by atomic mass is 32.1. The number of hydrogen-bond donors (Lipinski definition) is 1. The predicted octanol–water partition coefficient (Wildman–Crippen LogP) is 1.65. The van der Waals surface area contributed by atoms with Crippen molar-refractivity contribution >= 4 is 35.2 Å². The van der Waals surface area contributed by atoms with Gasteiger partial charge in [-0.05, 0) is 30.4 Å². The van der Waals surface area contributed by atoms with Gasteiger partial charge in [0.05, 0.1) is 0 Å². The van der Waals surface area contributed by atoms with Crippen molar-refractivity contribution < 1.29 is 14.0 Å². The van der Waals surface area contributed by atoms with Gasteiger partial charge in [-0.1, -0.05) is 13.0 Å². The quantitative estimate of drug-likeness (QED) is 0.396. The second kappa shape index (κ2) is 5.83. The molecule has 0 bridgehead atoms. The van der Waals surface area contributed by atoms with E-state index >= 15 is 0 Å². The monoisotopic (exact) mass is 290 g/mol. The van der Waals surface area contributed by atoms with Crippen LogP contribution in [0.25, 0.3) is 6.08 Å². The summed E-state index contributed by atoms with van der Waals surface area (Å²) >= 11 is 4.96. The van der Waals surface area contributed by atoms with E-state index in [-0.39, 0.29) is 17.2 Å². The van der Waals surface area contributed by atoms with Crippen LogP contribution in [0.1, 0.15) is 18.4 Å². The van der Waals surface area contributed by atoms with E-state index < -0.39 is 11.8 Å². The number of thiocarbonyl (C=S) groups is 1. The Labute approximate surface area is 121 Å². The van der Waals surface area contributed by atoms with Crippen LogP contribution in [0.5, 0.6) is 0 Å². The number of furan rings is 1. The van der Waals surface area contributed by atoms with Crippen LogP contribution in [0.3, 0.4) is 0 Å². The van der Waals surface area contributed by atoms with Crippen LogP contribution in [0.15, 0.2) is 34.8 Å². The highest BCUT2D eigenvalue weighted by Crippen LogP contribution is 2.16. The van der Waals surface area contributed by atoms with Crippen LogP contribution >= 0.6 is 12.2 Å². The largest absolute Gasteiger partial charge is 0.462 e. The molecule has 6 heteroatoms. The van der Waals surface area contributed by atoms with E-state index in [1.807, 2.05) is 13.0 Å². The molecule has 2 heterocycles. The smallest absolute Gasteiger partial charge is 0.266 e. The summed E-state index contributed by atoms with van der Waals surface area (Å²) in [5.41, 5.74) is -0.00236. The fourth-order valence-corrected chi connectivity index (χ4v) is 2.04. The van der Waals surface area contributed by atoms with Crippen molar-refractivity contribution in [3.63, 3.8) is 0 Å². The van der Waals surface area contributed by atoms with Crippen LogP contribution in [0.2, 0.25) is 0 Å². The van der Waals surface area contributed by atoms with Gasteiger partial charge < -0.3 is 4.42 Å². The Morgan fingerprint density at radius 3 is 2.80 bits per heavy atom. The molecule has 20 heavy (non-hydrogen) atoms. The normalized spacial score (nSPS) is 17.6. The summed E-state index contributed by atoms with van der Waals surface area (Å²) < 4.78 is 5.47. The van der Waals surface area contributed by atoms with E-state index in [9.17, 15) is 9.59 Å². The molecule has 5 nitrogen and oxygen atoms in total. The second-order valence-corrected chi connectivity index (χ2v) is 4.57. The number of hydrogen-bond acceptors (Lipinski definition) is 4. The molecule has 0 atom stereocenters. The van der Waals surface area contributed by atoms with E-state index in [2.05, 4.69) is 11.9 Å². The number of amides is 2. The molecule has 1 aromatic heterocycles. The molecule has 0 saturated carbocycles. The van der Waals surface area contributed by atoms with Crippen LogP contribution in [0.4, 0.5) is 0 Å². The molecule has 0 radical (unpaired) electrons. The topological polar surface area (TPSA) is 62.6 Å². The van der Waals surface area contributed by atoms with Gasteiger partial charge in [0, 0.05) is 13.0 Å². The number of nitrogens with one attached hydrogen (secondary N) is 1. The standard InChI is InChI=1S/C14H14N2O3S/c1-3-7-16-13(18)11(12(17)15-14(16)20)8-10-6-5-9(4-2)19-10/h3,5-6,8H,1,4,7H2,2H3,(H,15,17,20)/b11-8-. The van der Waals surface area contributed by atoms with Crippen LogP contribution in [-0.2, 0) is 16.0 Å². The molecule has 1 aliphatic rings. The van der Waals surface area contributed by atoms with Crippen molar-refractivity contribution in [1.29, 1.82) is 0 Å². The minimum atomic E-state index is -0.519. The molecule has 1 saturated heterocycles. The van der Waals surface area contributed by atoms with E-state index in [0.717, 1.165) is 12.2 Å². The predicted molar refractivity (Wildman–Crippen MR) is 78.7 cm³/mol. The number of rotatable bonds is 4. The Kier molecular flexibility index (Phi) is 4.14. The molecule has 1 fully saturated rings. The fraction of sp³-hybridized carbons (Fsp3) is 0.214. The number of carbonyl (C=O) groups is 2. The minimum absolute atomic E-state index is 0.00236. The third-order valence-electron chi connectivity index (χ3n) is 2.81. The van der Waals surface area contributed by atoms with Crippen LogP contribution in [-0.4, -0.2) is 28.4 Å². The summed E-state index contributed by atoms with van der Waals surface area (Å²) in [7, 11) is 0.